The third kappa shape index (κ3) is 3.44. The maximum Gasteiger partial charge on any atom is 0.129 e. The first kappa shape index (κ1) is 13.8. The lowest BCUT2D eigenvalue weighted by Crippen LogP contribution is -2.31. The number of fused-ring (bicyclic) bond motifs is 1. The normalized spacial score (nSPS) is 12.9. The fourth-order valence-electron chi connectivity index (χ4n) is 2.34. The molecule has 3 nitrogen and oxygen atoms in total. The molecule has 3 heteroatoms. The van der Waals surface area contributed by atoms with Crippen LogP contribution in [0.3, 0.4) is 0 Å². The van der Waals surface area contributed by atoms with Gasteiger partial charge in [-0.3, -0.25) is 0 Å². The van der Waals surface area contributed by atoms with Crippen LogP contribution in [0.2, 0.25) is 0 Å². The quantitative estimate of drug-likeness (QED) is 0.864. The number of nitrogens with zero attached hydrogens (tertiary/aromatic N) is 1. The molecule has 0 saturated heterocycles. The van der Waals surface area contributed by atoms with Crippen LogP contribution in [0, 0.1) is 12.8 Å². The van der Waals surface area contributed by atoms with Crippen molar-refractivity contribution in [2.45, 2.75) is 33.2 Å². The van der Waals surface area contributed by atoms with Gasteiger partial charge in [-0.25, -0.2) is 4.98 Å². The van der Waals surface area contributed by atoms with E-state index in [2.05, 4.69) is 38.2 Å². The molecular weight excluding hydrogens is 234 g/mol. The van der Waals surface area contributed by atoms with Crippen LogP contribution in [0.25, 0.3) is 10.9 Å². The Bertz CT molecular complexity index is 549. The molecule has 1 aromatic heterocycles. The number of aryl methyl sites for hydroxylation is 1. The van der Waals surface area contributed by atoms with Gasteiger partial charge in [0.05, 0.1) is 5.52 Å². The predicted octanol–water partition coefficient (Wildman–Crippen LogP) is 3.33. The molecule has 2 rings (SSSR count). The molecule has 1 unspecified atom stereocenters. The Labute approximate surface area is 115 Å². The van der Waals surface area contributed by atoms with E-state index in [1.807, 2.05) is 18.2 Å². The second-order valence-corrected chi connectivity index (χ2v) is 5.55. The average Bonchev–Trinajstić information content (AvgIpc) is 2.38. The number of benzene rings is 1. The van der Waals surface area contributed by atoms with E-state index < -0.39 is 0 Å². The van der Waals surface area contributed by atoms with Gasteiger partial charge in [0.2, 0.25) is 0 Å². The number of nitrogens with two attached hydrogens (primary N) is 1. The fourth-order valence-corrected chi connectivity index (χ4v) is 2.34. The van der Waals surface area contributed by atoms with Gasteiger partial charge in [0.25, 0.3) is 0 Å². The monoisotopic (exact) mass is 257 g/mol. The minimum atomic E-state index is 0.285. The molecule has 0 spiro atoms. The lowest BCUT2D eigenvalue weighted by Gasteiger charge is -2.20. The summed E-state index contributed by atoms with van der Waals surface area (Å²) in [6.07, 6.45) is 1.06. The highest BCUT2D eigenvalue weighted by molar-refractivity contribution is 5.81. The number of pyridine rings is 1. The summed E-state index contributed by atoms with van der Waals surface area (Å²) in [6, 6.07) is 10.6. The molecule has 0 fully saturated rings. The number of rotatable bonds is 5. The second-order valence-electron chi connectivity index (χ2n) is 5.55. The molecule has 0 bridgehead atoms. The highest BCUT2D eigenvalue weighted by atomic mass is 15.0. The van der Waals surface area contributed by atoms with E-state index in [0.29, 0.717) is 12.5 Å². The molecule has 102 valence electrons. The zero-order valence-electron chi connectivity index (χ0n) is 12.0. The van der Waals surface area contributed by atoms with Crippen LogP contribution in [0.4, 0.5) is 5.82 Å². The third-order valence-electron chi connectivity index (χ3n) is 3.30. The zero-order valence-corrected chi connectivity index (χ0v) is 12.0. The van der Waals surface area contributed by atoms with E-state index in [1.165, 1.54) is 10.9 Å². The Balaban J connectivity index is 2.26. The molecule has 3 N–H and O–H groups in total. The molecule has 1 heterocycles. The number of para-hydroxylation sites is 1. The van der Waals surface area contributed by atoms with E-state index in [-0.39, 0.29) is 6.04 Å². The molecule has 1 atom stereocenters. The largest absolute Gasteiger partial charge is 0.366 e. The Morgan fingerprint density at radius 3 is 2.68 bits per heavy atom. The van der Waals surface area contributed by atoms with Crippen molar-refractivity contribution >= 4 is 16.7 Å². The fraction of sp³-hybridized carbons (Fsp3) is 0.438. The maximum absolute atomic E-state index is 5.84. The number of aromatic nitrogens is 1. The molecule has 0 radical (unpaired) electrons. The summed E-state index contributed by atoms with van der Waals surface area (Å²) in [5, 5.41) is 4.66. The number of anilines is 1. The predicted molar refractivity (Wildman–Crippen MR) is 82.4 cm³/mol. The van der Waals surface area contributed by atoms with Crippen LogP contribution >= 0.6 is 0 Å². The molecule has 1 aromatic carbocycles. The molecule has 0 aliphatic heterocycles. The first-order valence-electron chi connectivity index (χ1n) is 6.93. The van der Waals surface area contributed by atoms with Gasteiger partial charge in [0, 0.05) is 18.0 Å². The van der Waals surface area contributed by atoms with Gasteiger partial charge in [0.1, 0.15) is 5.82 Å². The summed E-state index contributed by atoms with van der Waals surface area (Å²) in [7, 11) is 0. The highest BCUT2D eigenvalue weighted by Gasteiger charge is 2.11. The standard InChI is InChI=1S/C16H23N3/c1-11(2)8-14(10-17)18-16-12(3)9-13-6-4-5-7-15(13)19-16/h4-7,9,11,14H,8,10,17H2,1-3H3,(H,18,19). The number of nitrogens with one attached hydrogen (secondary N) is 1. The molecule has 0 saturated carbocycles. The lowest BCUT2D eigenvalue weighted by atomic mass is 10.0. The van der Waals surface area contributed by atoms with Crippen molar-refractivity contribution in [1.82, 2.24) is 4.98 Å². The van der Waals surface area contributed by atoms with Gasteiger partial charge in [-0.1, -0.05) is 32.0 Å². The lowest BCUT2D eigenvalue weighted by molar-refractivity contribution is 0.521. The Morgan fingerprint density at radius 1 is 1.26 bits per heavy atom. The minimum absolute atomic E-state index is 0.285. The summed E-state index contributed by atoms with van der Waals surface area (Å²) < 4.78 is 0. The van der Waals surface area contributed by atoms with Crippen molar-refractivity contribution in [1.29, 1.82) is 0 Å². The van der Waals surface area contributed by atoms with Crippen molar-refractivity contribution in [3.63, 3.8) is 0 Å². The molecule has 2 aromatic rings. The summed E-state index contributed by atoms with van der Waals surface area (Å²) in [5.74, 6) is 1.58. The number of hydrogen-bond acceptors (Lipinski definition) is 3. The van der Waals surface area contributed by atoms with E-state index >= 15 is 0 Å². The highest BCUT2D eigenvalue weighted by Crippen LogP contribution is 2.21. The molecule has 0 aliphatic carbocycles. The van der Waals surface area contributed by atoms with Gasteiger partial charge in [-0.05, 0) is 37.0 Å². The van der Waals surface area contributed by atoms with E-state index in [0.717, 1.165) is 17.8 Å². The van der Waals surface area contributed by atoms with Gasteiger partial charge in [-0.2, -0.15) is 0 Å². The summed E-state index contributed by atoms with van der Waals surface area (Å²) in [6.45, 7) is 7.15. The Morgan fingerprint density at radius 2 is 2.00 bits per heavy atom. The molecule has 19 heavy (non-hydrogen) atoms. The van der Waals surface area contributed by atoms with Gasteiger partial charge in [0.15, 0.2) is 0 Å². The van der Waals surface area contributed by atoms with Crippen LogP contribution < -0.4 is 11.1 Å². The van der Waals surface area contributed by atoms with Crippen LogP contribution in [-0.4, -0.2) is 17.6 Å². The SMILES string of the molecule is Cc1cc2ccccc2nc1NC(CN)CC(C)C. The van der Waals surface area contributed by atoms with Crippen molar-refractivity contribution < 1.29 is 0 Å². The summed E-state index contributed by atoms with van der Waals surface area (Å²) in [4.78, 5) is 4.70. The van der Waals surface area contributed by atoms with Crippen LogP contribution in [-0.2, 0) is 0 Å². The Kier molecular flexibility index (Phi) is 4.38. The first-order chi connectivity index (χ1) is 9.10. The van der Waals surface area contributed by atoms with Crippen molar-refractivity contribution in [2.75, 3.05) is 11.9 Å². The Hall–Kier alpha value is -1.61. The van der Waals surface area contributed by atoms with Crippen LogP contribution in [0.1, 0.15) is 25.8 Å². The summed E-state index contributed by atoms with van der Waals surface area (Å²) in [5.41, 5.74) is 8.03. The minimum Gasteiger partial charge on any atom is -0.366 e. The average molecular weight is 257 g/mol. The molecule has 0 amide bonds. The number of hydrogen-bond donors (Lipinski definition) is 2. The van der Waals surface area contributed by atoms with Gasteiger partial charge in [-0.15, -0.1) is 0 Å². The molecular formula is C16H23N3. The molecule has 0 aliphatic rings. The second kappa shape index (κ2) is 6.02. The van der Waals surface area contributed by atoms with Crippen molar-refractivity contribution in [3.8, 4) is 0 Å². The van der Waals surface area contributed by atoms with Gasteiger partial charge < -0.3 is 11.1 Å². The van der Waals surface area contributed by atoms with Gasteiger partial charge >= 0.3 is 0 Å². The van der Waals surface area contributed by atoms with E-state index in [1.54, 1.807) is 0 Å². The van der Waals surface area contributed by atoms with Crippen LogP contribution in [0.15, 0.2) is 30.3 Å². The van der Waals surface area contributed by atoms with Crippen molar-refractivity contribution in [2.24, 2.45) is 11.7 Å². The summed E-state index contributed by atoms with van der Waals surface area (Å²) >= 11 is 0. The van der Waals surface area contributed by atoms with Crippen molar-refractivity contribution in [3.05, 3.63) is 35.9 Å². The van der Waals surface area contributed by atoms with E-state index in [4.69, 9.17) is 10.7 Å². The third-order valence-corrected chi connectivity index (χ3v) is 3.30. The van der Waals surface area contributed by atoms with E-state index in [9.17, 15) is 0 Å². The topological polar surface area (TPSA) is 50.9 Å². The van der Waals surface area contributed by atoms with Crippen LogP contribution in [0.5, 0.6) is 0 Å². The zero-order chi connectivity index (χ0) is 13.8. The smallest absolute Gasteiger partial charge is 0.129 e. The first-order valence-corrected chi connectivity index (χ1v) is 6.93. The maximum atomic E-state index is 5.84.